The van der Waals surface area contributed by atoms with E-state index in [1.807, 2.05) is 60.7 Å². The number of hydrogen-bond donors (Lipinski definition) is 1. The number of rotatable bonds is 2. The summed E-state index contributed by atoms with van der Waals surface area (Å²) in [6, 6.07) is 22.3. The number of hydrazone groups is 1. The smallest absolute Gasteiger partial charge is 0.311 e. The van der Waals surface area contributed by atoms with Crippen molar-refractivity contribution < 1.29 is 9.53 Å². The summed E-state index contributed by atoms with van der Waals surface area (Å²) in [7, 11) is 0. The summed E-state index contributed by atoms with van der Waals surface area (Å²) in [6.45, 7) is 0. The van der Waals surface area contributed by atoms with Gasteiger partial charge in [-0.05, 0) is 54.6 Å². The van der Waals surface area contributed by atoms with E-state index >= 15 is 0 Å². The number of carbonyl (C=O) groups is 1. The molecule has 138 valence electrons. The second-order valence-corrected chi connectivity index (χ2v) is 7.80. The monoisotopic (exact) mass is 453 g/mol. The van der Waals surface area contributed by atoms with Gasteiger partial charge in [0, 0.05) is 15.1 Å². The van der Waals surface area contributed by atoms with Crippen LogP contribution in [0.3, 0.4) is 0 Å². The SMILES string of the molecule is O=C1Nc2ccc(Br)cc2C12OC(c1ccc(Cl)cc1)=NN2c1ccccc1. The standard InChI is InChI=1S/C21H13BrClN3O2/c22-14-8-11-18-17(12-14)21(20(27)24-18)26(16-4-2-1-3-5-16)25-19(28-21)13-6-9-15(23)10-7-13/h1-12H,(H,24,27). The van der Waals surface area contributed by atoms with Crippen molar-refractivity contribution in [2.45, 2.75) is 5.72 Å². The maximum atomic E-state index is 13.2. The average molecular weight is 455 g/mol. The van der Waals surface area contributed by atoms with Crippen LogP contribution in [-0.4, -0.2) is 11.8 Å². The van der Waals surface area contributed by atoms with E-state index in [4.69, 9.17) is 16.3 Å². The predicted octanol–water partition coefficient (Wildman–Crippen LogP) is 5.11. The van der Waals surface area contributed by atoms with Crippen molar-refractivity contribution in [3.63, 3.8) is 0 Å². The molecular formula is C21H13BrClN3O2. The molecule has 3 aromatic rings. The molecular weight excluding hydrogens is 442 g/mol. The first-order valence-corrected chi connectivity index (χ1v) is 9.75. The van der Waals surface area contributed by atoms with E-state index in [0.29, 0.717) is 22.2 Å². The number of anilines is 2. The lowest BCUT2D eigenvalue weighted by Crippen LogP contribution is -2.47. The minimum atomic E-state index is -1.42. The van der Waals surface area contributed by atoms with Crippen molar-refractivity contribution in [2.24, 2.45) is 5.10 Å². The Balaban J connectivity index is 1.71. The first-order valence-electron chi connectivity index (χ1n) is 8.58. The first-order chi connectivity index (χ1) is 13.6. The Morgan fingerprint density at radius 1 is 1.04 bits per heavy atom. The quantitative estimate of drug-likeness (QED) is 0.586. The van der Waals surface area contributed by atoms with E-state index in [1.165, 1.54) is 0 Å². The van der Waals surface area contributed by atoms with Crippen molar-refractivity contribution in [1.29, 1.82) is 0 Å². The summed E-state index contributed by atoms with van der Waals surface area (Å²) in [5.41, 5.74) is 1.45. The Kier molecular flexibility index (Phi) is 3.92. The number of para-hydroxylation sites is 1. The molecule has 5 nitrogen and oxygen atoms in total. The van der Waals surface area contributed by atoms with Crippen LogP contribution in [0.4, 0.5) is 11.4 Å². The van der Waals surface area contributed by atoms with Crippen LogP contribution in [0.1, 0.15) is 11.1 Å². The van der Waals surface area contributed by atoms with E-state index in [2.05, 4.69) is 26.3 Å². The van der Waals surface area contributed by atoms with Crippen LogP contribution in [0.25, 0.3) is 0 Å². The molecule has 0 fully saturated rings. The number of nitrogens with one attached hydrogen (secondary N) is 1. The van der Waals surface area contributed by atoms with E-state index in [1.54, 1.807) is 17.1 Å². The molecule has 2 heterocycles. The van der Waals surface area contributed by atoms with E-state index in [-0.39, 0.29) is 5.91 Å². The zero-order valence-corrected chi connectivity index (χ0v) is 16.7. The Bertz CT molecular complexity index is 1120. The summed E-state index contributed by atoms with van der Waals surface area (Å²) >= 11 is 9.50. The second kappa shape index (κ2) is 6.36. The zero-order valence-electron chi connectivity index (χ0n) is 14.4. The fourth-order valence-electron chi connectivity index (χ4n) is 3.43. The third kappa shape index (κ3) is 2.52. The Morgan fingerprint density at radius 3 is 2.54 bits per heavy atom. The molecule has 2 aliphatic rings. The zero-order chi connectivity index (χ0) is 19.3. The second-order valence-electron chi connectivity index (χ2n) is 6.45. The Morgan fingerprint density at radius 2 is 1.79 bits per heavy atom. The maximum absolute atomic E-state index is 13.2. The molecule has 1 N–H and O–H groups in total. The molecule has 1 atom stereocenters. The molecule has 1 amide bonds. The van der Waals surface area contributed by atoms with Crippen molar-refractivity contribution in [2.75, 3.05) is 10.3 Å². The number of amides is 1. The third-order valence-corrected chi connectivity index (χ3v) is 5.47. The van der Waals surface area contributed by atoms with E-state index < -0.39 is 5.72 Å². The predicted molar refractivity (Wildman–Crippen MR) is 112 cm³/mol. The van der Waals surface area contributed by atoms with Gasteiger partial charge in [0.05, 0.1) is 16.9 Å². The largest absolute Gasteiger partial charge is 0.433 e. The lowest BCUT2D eigenvalue weighted by molar-refractivity contribution is -0.130. The number of carbonyl (C=O) groups excluding carboxylic acids is 1. The minimum absolute atomic E-state index is 0.294. The van der Waals surface area contributed by atoms with Crippen LogP contribution in [0.2, 0.25) is 5.02 Å². The number of fused-ring (bicyclic) bond motifs is 2. The van der Waals surface area contributed by atoms with Crippen LogP contribution < -0.4 is 10.3 Å². The first kappa shape index (κ1) is 17.3. The number of benzene rings is 3. The average Bonchev–Trinajstić information content (AvgIpc) is 3.23. The van der Waals surface area contributed by atoms with Gasteiger partial charge in [-0.1, -0.05) is 45.7 Å². The molecule has 1 spiro atoms. The van der Waals surface area contributed by atoms with Gasteiger partial charge >= 0.3 is 5.72 Å². The van der Waals surface area contributed by atoms with Crippen molar-refractivity contribution in [3.8, 4) is 0 Å². The number of halogens is 2. The van der Waals surface area contributed by atoms with Crippen LogP contribution in [0.15, 0.2) is 82.4 Å². The molecule has 7 heteroatoms. The van der Waals surface area contributed by atoms with Gasteiger partial charge in [0.1, 0.15) is 0 Å². The van der Waals surface area contributed by atoms with Gasteiger partial charge in [-0.15, -0.1) is 5.10 Å². The highest BCUT2D eigenvalue weighted by Gasteiger charge is 2.59. The van der Waals surface area contributed by atoms with Gasteiger partial charge in [0.2, 0.25) is 5.90 Å². The van der Waals surface area contributed by atoms with E-state index in [9.17, 15) is 4.79 Å². The molecule has 0 radical (unpaired) electrons. The van der Waals surface area contributed by atoms with Gasteiger partial charge < -0.3 is 10.1 Å². The molecule has 0 saturated heterocycles. The summed E-state index contributed by atoms with van der Waals surface area (Å²) in [5, 5.41) is 9.84. The van der Waals surface area contributed by atoms with Crippen LogP contribution in [0.5, 0.6) is 0 Å². The molecule has 2 aliphatic heterocycles. The minimum Gasteiger partial charge on any atom is -0.433 e. The highest BCUT2D eigenvalue weighted by Crippen LogP contribution is 2.48. The molecule has 0 bridgehead atoms. The fraction of sp³-hybridized carbons (Fsp3) is 0.0476. The molecule has 1 unspecified atom stereocenters. The number of ether oxygens (including phenoxy) is 1. The molecule has 0 aromatic heterocycles. The van der Waals surface area contributed by atoms with Crippen molar-refractivity contribution >= 4 is 50.7 Å². The summed E-state index contributed by atoms with van der Waals surface area (Å²) in [5.74, 6) is 0.0562. The highest BCUT2D eigenvalue weighted by atomic mass is 79.9. The van der Waals surface area contributed by atoms with Gasteiger partial charge in [0.15, 0.2) is 0 Å². The van der Waals surface area contributed by atoms with E-state index in [0.717, 1.165) is 15.7 Å². The van der Waals surface area contributed by atoms with Gasteiger partial charge in [-0.2, -0.15) is 0 Å². The number of nitrogens with zero attached hydrogens (tertiary/aromatic N) is 2. The topological polar surface area (TPSA) is 53.9 Å². The molecule has 0 aliphatic carbocycles. The number of hydrogen-bond acceptors (Lipinski definition) is 4. The lowest BCUT2D eigenvalue weighted by atomic mass is 10.0. The van der Waals surface area contributed by atoms with Crippen LogP contribution in [-0.2, 0) is 15.3 Å². The van der Waals surface area contributed by atoms with Crippen molar-refractivity contribution in [1.82, 2.24) is 0 Å². The van der Waals surface area contributed by atoms with Gasteiger partial charge in [-0.3, -0.25) is 4.79 Å². The maximum Gasteiger partial charge on any atom is 0.311 e. The Hall–Kier alpha value is -2.83. The van der Waals surface area contributed by atoms with Crippen LogP contribution in [0, 0.1) is 0 Å². The highest BCUT2D eigenvalue weighted by molar-refractivity contribution is 9.10. The summed E-state index contributed by atoms with van der Waals surface area (Å²) in [6.07, 6.45) is 0. The summed E-state index contributed by atoms with van der Waals surface area (Å²) in [4.78, 5) is 13.2. The lowest BCUT2D eigenvalue weighted by Gasteiger charge is -2.30. The van der Waals surface area contributed by atoms with Gasteiger partial charge in [-0.25, -0.2) is 5.01 Å². The van der Waals surface area contributed by atoms with Crippen molar-refractivity contribution in [3.05, 3.63) is 93.4 Å². The van der Waals surface area contributed by atoms with Gasteiger partial charge in [0.25, 0.3) is 5.91 Å². The van der Waals surface area contributed by atoms with Crippen LogP contribution >= 0.6 is 27.5 Å². The third-order valence-electron chi connectivity index (χ3n) is 4.73. The molecule has 3 aromatic carbocycles. The normalized spacial score (nSPS) is 20.0. The summed E-state index contributed by atoms with van der Waals surface area (Å²) < 4.78 is 7.14. The molecule has 0 saturated carbocycles. The molecule has 5 rings (SSSR count). The Labute approximate surface area is 174 Å². The fourth-order valence-corrected chi connectivity index (χ4v) is 3.92. The molecule has 28 heavy (non-hydrogen) atoms.